The van der Waals surface area contributed by atoms with Crippen molar-refractivity contribution in [2.24, 2.45) is 5.92 Å². The van der Waals surface area contributed by atoms with Crippen LogP contribution in [0, 0.1) is 5.92 Å². The minimum absolute atomic E-state index is 0.0749. The Labute approximate surface area is 148 Å². The predicted octanol–water partition coefficient (Wildman–Crippen LogP) is 1.20. The lowest BCUT2D eigenvalue weighted by Crippen LogP contribution is -2.49. The number of amides is 2. The van der Waals surface area contributed by atoms with Gasteiger partial charge in [-0.2, -0.15) is 4.31 Å². The number of hydrogen-bond donors (Lipinski definition) is 2. The van der Waals surface area contributed by atoms with Crippen molar-refractivity contribution >= 4 is 33.2 Å². The number of hydrazine groups is 1. The van der Waals surface area contributed by atoms with Gasteiger partial charge in [0, 0.05) is 13.1 Å². The monoisotopic (exact) mass is 383 g/mol. The topological polar surface area (TPSA) is 109 Å². The highest BCUT2D eigenvalue weighted by Crippen LogP contribution is 2.26. The summed E-state index contributed by atoms with van der Waals surface area (Å²) in [5, 5.41) is 1.70. The lowest BCUT2D eigenvalue weighted by atomic mass is 9.99. The molecule has 2 amide bonds. The van der Waals surface area contributed by atoms with E-state index in [0.29, 0.717) is 19.4 Å². The summed E-state index contributed by atoms with van der Waals surface area (Å²) < 4.78 is 31.6. The first-order valence-electron chi connectivity index (χ1n) is 7.66. The molecule has 1 atom stereocenters. The number of nitrogens with zero attached hydrogens (tertiary/aromatic N) is 1. The summed E-state index contributed by atoms with van der Waals surface area (Å²) >= 11 is 1.15. The van der Waals surface area contributed by atoms with Crippen molar-refractivity contribution in [3.63, 3.8) is 0 Å². The molecule has 134 valence electrons. The van der Waals surface area contributed by atoms with Crippen LogP contribution in [0.4, 0.5) is 0 Å². The molecule has 0 spiro atoms. The van der Waals surface area contributed by atoms with E-state index >= 15 is 0 Å². The molecule has 2 aromatic heterocycles. The van der Waals surface area contributed by atoms with E-state index in [9.17, 15) is 18.0 Å². The van der Waals surface area contributed by atoms with Crippen LogP contribution in [0.25, 0.3) is 0 Å². The van der Waals surface area contributed by atoms with Gasteiger partial charge in [-0.3, -0.25) is 20.4 Å². The van der Waals surface area contributed by atoms with Crippen LogP contribution in [0.2, 0.25) is 0 Å². The van der Waals surface area contributed by atoms with E-state index < -0.39 is 27.8 Å². The van der Waals surface area contributed by atoms with Crippen molar-refractivity contribution in [1.82, 2.24) is 15.2 Å². The SMILES string of the molecule is O=C(NNC(=O)C1CCCN(S(=O)(=O)c2cccs2)C1)c1ccco1. The van der Waals surface area contributed by atoms with Gasteiger partial charge >= 0.3 is 5.91 Å². The Balaban J connectivity index is 1.59. The van der Waals surface area contributed by atoms with E-state index in [4.69, 9.17) is 4.42 Å². The molecule has 1 unspecified atom stereocenters. The highest BCUT2D eigenvalue weighted by Gasteiger charge is 2.33. The normalized spacial score (nSPS) is 18.6. The third kappa shape index (κ3) is 3.91. The minimum Gasteiger partial charge on any atom is -0.459 e. The molecule has 2 aromatic rings. The van der Waals surface area contributed by atoms with E-state index in [-0.39, 0.29) is 16.5 Å². The van der Waals surface area contributed by atoms with Crippen molar-refractivity contribution in [2.45, 2.75) is 17.1 Å². The van der Waals surface area contributed by atoms with Gasteiger partial charge in [0.1, 0.15) is 4.21 Å². The van der Waals surface area contributed by atoms with Crippen molar-refractivity contribution < 1.29 is 22.4 Å². The number of rotatable bonds is 4. The number of piperidine rings is 1. The summed E-state index contributed by atoms with van der Waals surface area (Å²) in [6.45, 7) is 0.464. The molecule has 0 bridgehead atoms. The van der Waals surface area contributed by atoms with Crippen LogP contribution in [0.5, 0.6) is 0 Å². The standard InChI is InChI=1S/C15H17N3O5S2/c19-14(16-17-15(20)12-5-2-8-23-12)11-4-1-7-18(10-11)25(21,22)13-6-3-9-24-13/h2-3,5-6,8-9,11H,1,4,7,10H2,(H,16,19)(H,17,20). The first kappa shape index (κ1) is 17.6. The Hall–Kier alpha value is -2.17. The fourth-order valence-corrected chi connectivity index (χ4v) is 5.27. The Morgan fingerprint density at radius 2 is 2.08 bits per heavy atom. The fraction of sp³-hybridized carbons (Fsp3) is 0.333. The lowest BCUT2D eigenvalue weighted by molar-refractivity contribution is -0.126. The first-order chi connectivity index (χ1) is 12.0. The second kappa shape index (κ2) is 7.38. The molecule has 3 heterocycles. The van der Waals surface area contributed by atoms with Crippen molar-refractivity contribution in [2.75, 3.05) is 13.1 Å². The molecule has 3 rings (SSSR count). The molecule has 25 heavy (non-hydrogen) atoms. The van der Waals surface area contributed by atoms with Crippen LogP contribution in [0.3, 0.4) is 0 Å². The van der Waals surface area contributed by atoms with Crippen molar-refractivity contribution in [3.05, 3.63) is 41.7 Å². The van der Waals surface area contributed by atoms with Gasteiger partial charge in [0.05, 0.1) is 12.2 Å². The summed E-state index contributed by atoms with van der Waals surface area (Å²) in [7, 11) is -3.58. The maximum absolute atomic E-state index is 12.6. The van der Waals surface area contributed by atoms with Gasteiger partial charge in [-0.15, -0.1) is 11.3 Å². The summed E-state index contributed by atoms with van der Waals surface area (Å²) in [6, 6.07) is 6.26. The number of nitrogens with one attached hydrogen (secondary N) is 2. The van der Waals surface area contributed by atoms with E-state index in [1.807, 2.05) is 0 Å². The van der Waals surface area contributed by atoms with Crippen LogP contribution in [0.1, 0.15) is 23.4 Å². The third-order valence-electron chi connectivity index (χ3n) is 3.89. The van der Waals surface area contributed by atoms with E-state index in [0.717, 1.165) is 11.3 Å². The van der Waals surface area contributed by atoms with Gasteiger partial charge < -0.3 is 4.42 Å². The molecule has 1 aliphatic heterocycles. The molecule has 0 saturated carbocycles. The fourth-order valence-electron chi connectivity index (χ4n) is 2.60. The number of carbonyl (C=O) groups is 2. The first-order valence-corrected chi connectivity index (χ1v) is 9.98. The molecule has 0 radical (unpaired) electrons. The van der Waals surface area contributed by atoms with Crippen LogP contribution < -0.4 is 10.9 Å². The maximum atomic E-state index is 12.6. The highest BCUT2D eigenvalue weighted by atomic mass is 32.2. The Bertz CT molecular complexity index is 831. The molecule has 0 aromatic carbocycles. The molecule has 8 nitrogen and oxygen atoms in total. The second-order valence-electron chi connectivity index (χ2n) is 5.55. The summed E-state index contributed by atoms with van der Waals surface area (Å²) in [5.74, 6) is -1.45. The average Bonchev–Trinajstić information content (AvgIpc) is 3.33. The highest BCUT2D eigenvalue weighted by molar-refractivity contribution is 7.91. The van der Waals surface area contributed by atoms with Crippen LogP contribution in [0.15, 0.2) is 44.5 Å². The smallest absolute Gasteiger partial charge is 0.305 e. The molecule has 1 aliphatic rings. The quantitative estimate of drug-likeness (QED) is 0.771. The zero-order valence-corrected chi connectivity index (χ0v) is 14.8. The van der Waals surface area contributed by atoms with Gasteiger partial charge in [-0.1, -0.05) is 6.07 Å². The minimum atomic E-state index is -3.58. The van der Waals surface area contributed by atoms with Crippen LogP contribution in [-0.2, 0) is 14.8 Å². The number of carbonyl (C=O) groups excluding carboxylic acids is 2. The van der Waals surface area contributed by atoms with Gasteiger partial charge in [0.25, 0.3) is 10.0 Å². The average molecular weight is 383 g/mol. The molecule has 1 fully saturated rings. The molecular formula is C15H17N3O5S2. The zero-order chi connectivity index (χ0) is 17.9. The van der Waals surface area contributed by atoms with Gasteiger partial charge in [0.2, 0.25) is 5.91 Å². The largest absolute Gasteiger partial charge is 0.459 e. The van der Waals surface area contributed by atoms with E-state index in [1.54, 1.807) is 23.6 Å². The number of thiophene rings is 1. The summed E-state index contributed by atoms with van der Waals surface area (Å²) in [4.78, 5) is 24.0. The van der Waals surface area contributed by atoms with Gasteiger partial charge in [-0.05, 0) is 36.4 Å². The van der Waals surface area contributed by atoms with Crippen molar-refractivity contribution in [1.29, 1.82) is 0 Å². The van der Waals surface area contributed by atoms with Gasteiger partial charge in [0.15, 0.2) is 5.76 Å². The number of sulfonamides is 1. The Kier molecular flexibility index (Phi) is 5.21. The molecule has 0 aliphatic carbocycles. The van der Waals surface area contributed by atoms with Crippen molar-refractivity contribution in [3.8, 4) is 0 Å². The third-order valence-corrected chi connectivity index (χ3v) is 7.13. The maximum Gasteiger partial charge on any atom is 0.305 e. The van der Waals surface area contributed by atoms with Crippen LogP contribution >= 0.6 is 11.3 Å². The lowest BCUT2D eigenvalue weighted by Gasteiger charge is -2.30. The van der Waals surface area contributed by atoms with Gasteiger partial charge in [-0.25, -0.2) is 8.42 Å². The summed E-state index contributed by atoms with van der Waals surface area (Å²) in [5.41, 5.74) is 4.59. The van der Waals surface area contributed by atoms with E-state index in [2.05, 4.69) is 10.9 Å². The predicted molar refractivity (Wildman–Crippen MR) is 90.1 cm³/mol. The molecule has 1 saturated heterocycles. The number of hydrogen-bond acceptors (Lipinski definition) is 6. The second-order valence-corrected chi connectivity index (χ2v) is 8.67. The Morgan fingerprint density at radius 3 is 2.76 bits per heavy atom. The summed E-state index contributed by atoms with van der Waals surface area (Å²) in [6.07, 6.45) is 2.49. The number of furan rings is 1. The molecule has 2 N–H and O–H groups in total. The Morgan fingerprint density at radius 1 is 1.24 bits per heavy atom. The van der Waals surface area contributed by atoms with Crippen LogP contribution in [-0.4, -0.2) is 37.6 Å². The van der Waals surface area contributed by atoms with E-state index in [1.165, 1.54) is 16.6 Å². The molecular weight excluding hydrogens is 366 g/mol. The molecule has 10 heteroatoms. The zero-order valence-electron chi connectivity index (χ0n) is 13.2.